The van der Waals surface area contributed by atoms with Crippen molar-refractivity contribution in [3.8, 4) is 0 Å². The number of rotatable bonds is 9. The van der Waals surface area contributed by atoms with Gasteiger partial charge in [-0.25, -0.2) is 0 Å². The Morgan fingerprint density at radius 3 is 2.05 bits per heavy atom. The predicted molar refractivity (Wildman–Crippen MR) is 76.1 cm³/mol. The van der Waals surface area contributed by atoms with E-state index in [2.05, 4.69) is 0 Å². The van der Waals surface area contributed by atoms with Gasteiger partial charge in [0.05, 0.1) is 6.61 Å². The lowest BCUT2D eigenvalue weighted by molar-refractivity contribution is -0.145. The number of ether oxygens (including phenoxy) is 2. The summed E-state index contributed by atoms with van der Waals surface area (Å²) >= 11 is 0. The highest BCUT2D eigenvalue weighted by molar-refractivity contribution is 5.75. The van der Waals surface area contributed by atoms with Crippen molar-refractivity contribution >= 4 is 11.8 Å². The Labute approximate surface area is 120 Å². The van der Waals surface area contributed by atoms with E-state index < -0.39 is 0 Å². The van der Waals surface area contributed by atoms with Crippen molar-refractivity contribution in [3.05, 3.63) is 35.4 Å². The van der Waals surface area contributed by atoms with Crippen LogP contribution in [0.1, 0.15) is 43.7 Å². The molecule has 4 nitrogen and oxygen atoms in total. The van der Waals surface area contributed by atoms with Crippen molar-refractivity contribution in [1.82, 2.24) is 0 Å². The number of ketones is 1. The molecule has 0 spiro atoms. The van der Waals surface area contributed by atoms with Crippen molar-refractivity contribution < 1.29 is 19.1 Å². The summed E-state index contributed by atoms with van der Waals surface area (Å²) in [6, 6.07) is 7.77. The molecule has 0 unspecified atom stereocenters. The largest absolute Gasteiger partial charge is 0.461 e. The predicted octanol–water partition coefficient (Wildman–Crippen LogP) is 3.03. The second-order valence-electron chi connectivity index (χ2n) is 4.82. The van der Waals surface area contributed by atoms with Gasteiger partial charge in [-0.2, -0.15) is 0 Å². The number of esters is 1. The van der Waals surface area contributed by atoms with Crippen LogP contribution in [0.2, 0.25) is 0 Å². The fourth-order valence-corrected chi connectivity index (χ4v) is 1.78. The van der Waals surface area contributed by atoms with E-state index in [1.54, 1.807) is 14.0 Å². The molecular formula is C16H22O4. The van der Waals surface area contributed by atoms with Crippen molar-refractivity contribution in [2.45, 2.75) is 45.8 Å². The van der Waals surface area contributed by atoms with Crippen LogP contribution in [0.5, 0.6) is 0 Å². The third kappa shape index (κ3) is 7.04. The highest BCUT2D eigenvalue weighted by atomic mass is 16.5. The fourth-order valence-electron chi connectivity index (χ4n) is 1.78. The maximum absolute atomic E-state index is 11.5. The lowest BCUT2D eigenvalue weighted by atomic mass is 10.1. The Balaban J connectivity index is 2.21. The molecule has 0 aliphatic heterocycles. The zero-order valence-corrected chi connectivity index (χ0v) is 12.2. The smallest absolute Gasteiger partial charge is 0.306 e. The summed E-state index contributed by atoms with van der Waals surface area (Å²) in [5, 5.41) is 0. The van der Waals surface area contributed by atoms with Gasteiger partial charge in [0.1, 0.15) is 12.4 Å². The van der Waals surface area contributed by atoms with Gasteiger partial charge in [0, 0.05) is 20.0 Å². The summed E-state index contributed by atoms with van der Waals surface area (Å²) in [6.45, 7) is 2.43. The molecule has 1 aromatic rings. The number of unbranched alkanes of at least 4 members (excludes halogenated alkanes) is 1. The second kappa shape index (κ2) is 9.26. The van der Waals surface area contributed by atoms with E-state index in [0.29, 0.717) is 32.5 Å². The van der Waals surface area contributed by atoms with Crippen molar-refractivity contribution in [3.63, 3.8) is 0 Å². The first-order valence-corrected chi connectivity index (χ1v) is 6.83. The van der Waals surface area contributed by atoms with E-state index in [4.69, 9.17) is 9.47 Å². The van der Waals surface area contributed by atoms with E-state index in [-0.39, 0.29) is 11.8 Å². The number of benzene rings is 1. The molecule has 4 heteroatoms. The van der Waals surface area contributed by atoms with Gasteiger partial charge >= 0.3 is 5.97 Å². The number of hydrogen-bond donors (Lipinski definition) is 0. The van der Waals surface area contributed by atoms with Gasteiger partial charge in [0.15, 0.2) is 0 Å². The van der Waals surface area contributed by atoms with Crippen LogP contribution in [0.4, 0.5) is 0 Å². The molecule has 0 bridgehead atoms. The third-order valence-electron chi connectivity index (χ3n) is 2.89. The average Bonchev–Trinajstić information content (AvgIpc) is 2.43. The first kappa shape index (κ1) is 16.4. The molecule has 1 aromatic carbocycles. The standard InChI is InChI=1S/C16H22O4/c1-13(17)5-3-4-6-16(18)20-12-15-9-7-14(8-10-15)11-19-2/h7-10H,3-6,11-12H2,1-2H3. The van der Waals surface area contributed by atoms with E-state index in [9.17, 15) is 9.59 Å². The minimum atomic E-state index is -0.213. The fraction of sp³-hybridized carbons (Fsp3) is 0.500. The van der Waals surface area contributed by atoms with Crippen molar-refractivity contribution in [1.29, 1.82) is 0 Å². The van der Waals surface area contributed by atoms with E-state index in [1.165, 1.54) is 0 Å². The van der Waals surface area contributed by atoms with Gasteiger partial charge in [-0.05, 0) is 30.9 Å². The molecule has 1 rings (SSSR count). The summed E-state index contributed by atoms with van der Waals surface area (Å²) < 4.78 is 10.2. The molecule has 0 saturated carbocycles. The summed E-state index contributed by atoms with van der Waals surface area (Å²) in [7, 11) is 1.65. The maximum Gasteiger partial charge on any atom is 0.306 e. The Kier molecular flexibility index (Phi) is 7.58. The molecule has 20 heavy (non-hydrogen) atoms. The highest BCUT2D eigenvalue weighted by Crippen LogP contribution is 2.08. The molecule has 0 saturated heterocycles. The van der Waals surface area contributed by atoms with Gasteiger partial charge < -0.3 is 14.3 Å². The molecule has 0 aliphatic carbocycles. The monoisotopic (exact) mass is 278 g/mol. The van der Waals surface area contributed by atoms with Crippen LogP contribution < -0.4 is 0 Å². The number of hydrogen-bond acceptors (Lipinski definition) is 4. The Morgan fingerprint density at radius 1 is 0.950 bits per heavy atom. The van der Waals surface area contributed by atoms with Gasteiger partial charge in [-0.15, -0.1) is 0 Å². The number of carbonyl (C=O) groups excluding carboxylic acids is 2. The molecule has 0 amide bonds. The summed E-state index contributed by atoms with van der Waals surface area (Å²) in [5.41, 5.74) is 2.05. The van der Waals surface area contributed by atoms with Gasteiger partial charge in [-0.3, -0.25) is 4.79 Å². The molecule has 0 atom stereocenters. The van der Waals surface area contributed by atoms with E-state index in [0.717, 1.165) is 17.5 Å². The molecule has 0 heterocycles. The van der Waals surface area contributed by atoms with Crippen LogP contribution in [0.25, 0.3) is 0 Å². The van der Waals surface area contributed by atoms with Gasteiger partial charge in [0.2, 0.25) is 0 Å². The maximum atomic E-state index is 11.5. The zero-order chi connectivity index (χ0) is 14.8. The summed E-state index contributed by atoms with van der Waals surface area (Å²) in [4.78, 5) is 22.3. The van der Waals surface area contributed by atoms with Gasteiger partial charge in [0.25, 0.3) is 0 Å². The van der Waals surface area contributed by atoms with Crippen molar-refractivity contribution in [2.75, 3.05) is 7.11 Å². The SMILES string of the molecule is COCc1ccc(COC(=O)CCCCC(C)=O)cc1. The Hall–Kier alpha value is -1.68. The summed E-state index contributed by atoms with van der Waals surface area (Å²) in [6.07, 6.45) is 2.35. The summed E-state index contributed by atoms with van der Waals surface area (Å²) in [5.74, 6) is -0.0518. The molecule has 0 fully saturated rings. The van der Waals surface area contributed by atoms with Crippen LogP contribution in [0.3, 0.4) is 0 Å². The van der Waals surface area contributed by atoms with Crippen LogP contribution in [-0.2, 0) is 32.3 Å². The van der Waals surface area contributed by atoms with Crippen LogP contribution >= 0.6 is 0 Å². The molecule has 110 valence electrons. The normalized spacial score (nSPS) is 10.3. The first-order chi connectivity index (χ1) is 9.61. The quantitative estimate of drug-likeness (QED) is 0.514. The van der Waals surface area contributed by atoms with Gasteiger partial charge in [-0.1, -0.05) is 24.3 Å². The minimum absolute atomic E-state index is 0.162. The molecular weight excluding hydrogens is 256 g/mol. The Bertz CT molecular complexity index is 423. The van der Waals surface area contributed by atoms with E-state index in [1.807, 2.05) is 24.3 Å². The minimum Gasteiger partial charge on any atom is -0.461 e. The van der Waals surface area contributed by atoms with Crippen LogP contribution in [-0.4, -0.2) is 18.9 Å². The average molecular weight is 278 g/mol. The zero-order valence-electron chi connectivity index (χ0n) is 12.2. The molecule has 0 aromatic heterocycles. The number of methoxy groups -OCH3 is 1. The van der Waals surface area contributed by atoms with Crippen molar-refractivity contribution in [2.24, 2.45) is 0 Å². The molecule has 0 aliphatic rings. The molecule has 0 N–H and O–H groups in total. The Morgan fingerprint density at radius 2 is 1.50 bits per heavy atom. The number of Topliss-reactive ketones (excluding diaryl/α,β-unsaturated/α-hetero) is 1. The lowest BCUT2D eigenvalue weighted by Crippen LogP contribution is -2.04. The third-order valence-corrected chi connectivity index (χ3v) is 2.89. The highest BCUT2D eigenvalue weighted by Gasteiger charge is 2.04. The van der Waals surface area contributed by atoms with Crippen LogP contribution in [0.15, 0.2) is 24.3 Å². The number of carbonyl (C=O) groups is 2. The topological polar surface area (TPSA) is 52.6 Å². The van der Waals surface area contributed by atoms with E-state index >= 15 is 0 Å². The first-order valence-electron chi connectivity index (χ1n) is 6.83. The lowest BCUT2D eigenvalue weighted by Gasteiger charge is -2.06. The second-order valence-corrected chi connectivity index (χ2v) is 4.82. The van der Waals surface area contributed by atoms with Crippen LogP contribution in [0, 0.1) is 0 Å². The molecule has 0 radical (unpaired) electrons.